The molecular weight excluding hydrogens is 446 g/mol. The Morgan fingerprint density at radius 1 is 0.824 bits per heavy atom. The summed E-state index contributed by atoms with van der Waals surface area (Å²) in [4.78, 5) is 16.5. The van der Waals surface area contributed by atoms with Crippen LogP contribution in [-0.4, -0.2) is 52.1 Å². The van der Waals surface area contributed by atoms with Crippen molar-refractivity contribution in [2.45, 2.75) is 44.7 Å². The van der Waals surface area contributed by atoms with Crippen molar-refractivity contribution in [3.8, 4) is 0 Å². The van der Waals surface area contributed by atoms with E-state index in [0.29, 0.717) is 24.4 Å². The van der Waals surface area contributed by atoms with Crippen LogP contribution in [0.25, 0.3) is 0 Å². The Morgan fingerprint density at radius 2 is 1.53 bits per heavy atom. The number of anilines is 3. The molecule has 0 spiro atoms. The number of aromatic nitrogens is 3. The average molecular weight is 478 g/mol. The number of rotatable bonds is 9. The lowest BCUT2D eigenvalue weighted by atomic mass is 10.1. The maximum absolute atomic E-state index is 6.14. The van der Waals surface area contributed by atoms with Crippen LogP contribution in [0, 0.1) is 0 Å². The van der Waals surface area contributed by atoms with Crippen LogP contribution in [0.2, 0.25) is 5.02 Å². The van der Waals surface area contributed by atoms with Gasteiger partial charge in [0, 0.05) is 30.7 Å². The molecule has 5 rings (SSSR count). The zero-order chi connectivity index (χ0) is 23.2. The van der Waals surface area contributed by atoms with E-state index in [1.165, 1.54) is 43.5 Å². The van der Waals surface area contributed by atoms with Gasteiger partial charge in [0.1, 0.15) is 0 Å². The number of piperidine rings is 1. The summed E-state index contributed by atoms with van der Waals surface area (Å²) in [5.74, 6) is 1.74. The number of likely N-dealkylation sites (tertiary alicyclic amines) is 1. The van der Waals surface area contributed by atoms with E-state index in [4.69, 9.17) is 11.6 Å². The molecule has 3 aromatic rings. The SMILES string of the molecule is Clc1cccc(CNc2nc(NCCN3CCCCC3)nc(NC3Cc4ccccc4C3)n2)c1. The van der Waals surface area contributed by atoms with Crippen LogP contribution in [-0.2, 0) is 19.4 Å². The fraction of sp³-hybridized carbons (Fsp3) is 0.423. The highest BCUT2D eigenvalue weighted by Crippen LogP contribution is 2.24. The predicted molar refractivity (Wildman–Crippen MR) is 139 cm³/mol. The lowest BCUT2D eigenvalue weighted by Crippen LogP contribution is -2.34. The lowest BCUT2D eigenvalue weighted by molar-refractivity contribution is 0.237. The van der Waals surface area contributed by atoms with E-state index in [9.17, 15) is 0 Å². The molecule has 1 saturated heterocycles. The Bertz CT molecular complexity index is 1080. The van der Waals surface area contributed by atoms with Crippen molar-refractivity contribution in [1.82, 2.24) is 19.9 Å². The molecule has 0 atom stereocenters. The molecule has 34 heavy (non-hydrogen) atoms. The first kappa shape index (κ1) is 22.9. The van der Waals surface area contributed by atoms with Crippen molar-refractivity contribution in [2.75, 3.05) is 42.1 Å². The van der Waals surface area contributed by atoms with Gasteiger partial charge in [-0.2, -0.15) is 15.0 Å². The molecule has 1 fully saturated rings. The van der Waals surface area contributed by atoms with Crippen LogP contribution in [0.1, 0.15) is 36.0 Å². The van der Waals surface area contributed by atoms with Gasteiger partial charge in [0.2, 0.25) is 17.8 Å². The van der Waals surface area contributed by atoms with Gasteiger partial charge in [0.15, 0.2) is 0 Å². The molecule has 1 aliphatic carbocycles. The van der Waals surface area contributed by atoms with Crippen LogP contribution >= 0.6 is 11.6 Å². The summed E-state index contributed by atoms with van der Waals surface area (Å²) in [6.07, 6.45) is 5.89. The second-order valence-electron chi connectivity index (χ2n) is 9.14. The maximum Gasteiger partial charge on any atom is 0.229 e. The third kappa shape index (κ3) is 6.15. The molecule has 178 valence electrons. The smallest absolute Gasteiger partial charge is 0.229 e. The largest absolute Gasteiger partial charge is 0.353 e. The van der Waals surface area contributed by atoms with Crippen LogP contribution in [0.4, 0.5) is 17.8 Å². The molecule has 2 aliphatic rings. The van der Waals surface area contributed by atoms with Crippen LogP contribution in [0.5, 0.6) is 0 Å². The number of halogens is 1. The fourth-order valence-electron chi connectivity index (χ4n) is 4.78. The van der Waals surface area contributed by atoms with Crippen molar-refractivity contribution in [3.63, 3.8) is 0 Å². The Hall–Kier alpha value is -2.90. The van der Waals surface area contributed by atoms with Gasteiger partial charge >= 0.3 is 0 Å². The van der Waals surface area contributed by atoms with Crippen LogP contribution < -0.4 is 16.0 Å². The quantitative estimate of drug-likeness (QED) is 0.415. The number of hydrogen-bond donors (Lipinski definition) is 3. The summed E-state index contributed by atoms with van der Waals surface area (Å²) in [6.45, 7) is 4.76. The Labute approximate surface area is 206 Å². The minimum absolute atomic E-state index is 0.279. The molecule has 7 nitrogen and oxygen atoms in total. The predicted octanol–water partition coefficient (Wildman–Crippen LogP) is 4.61. The van der Waals surface area contributed by atoms with Crippen molar-refractivity contribution in [2.24, 2.45) is 0 Å². The number of benzene rings is 2. The van der Waals surface area contributed by atoms with E-state index in [-0.39, 0.29) is 6.04 Å². The van der Waals surface area contributed by atoms with Crippen molar-refractivity contribution in [1.29, 1.82) is 0 Å². The van der Waals surface area contributed by atoms with E-state index in [1.807, 2.05) is 24.3 Å². The lowest BCUT2D eigenvalue weighted by Gasteiger charge is -2.26. The van der Waals surface area contributed by atoms with Crippen LogP contribution in [0.15, 0.2) is 48.5 Å². The fourth-order valence-corrected chi connectivity index (χ4v) is 4.99. The molecular formula is C26H32ClN7. The Kier molecular flexibility index (Phi) is 7.41. The minimum Gasteiger partial charge on any atom is -0.353 e. The molecule has 3 N–H and O–H groups in total. The standard InChI is InChI=1S/C26H32ClN7/c27-22-10-6-7-19(15-22)18-29-25-31-24(28-11-14-34-12-4-1-5-13-34)32-26(33-25)30-23-16-20-8-2-3-9-21(20)17-23/h2-3,6-10,15,23H,1,4-5,11-14,16-18H2,(H3,28,29,30,31,32,33). The van der Waals surface area contributed by atoms with E-state index in [2.05, 4.69) is 60.1 Å². The number of nitrogens with one attached hydrogen (secondary N) is 3. The summed E-state index contributed by atoms with van der Waals surface area (Å²) in [5.41, 5.74) is 3.87. The van der Waals surface area contributed by atoms with Crippen molar-refractivity contribution in [3.05, 3.63) is 70.2 Å². The topological polar surface area (TPSA) is 78.0 Å². The van der Waals surface area contributed by atoms with E-state index in [0.717, 1.165) is 36.5 Å². The van der Waals surface area contributed by atoms with Gasteiger partial charge in [0.25, 0.3) is 0 Å². The van der Waals surface area contributed by atoms with Crippen molar-refractivity contribution >= 4 is 29.4 Å². The van der Waals surface area contributed by atoms with E-state index in [1.54, 1.807) is 0 Å². The summed E-state index contributed by atoms with van der Waals surface area (Å²) in [6, 6.07) is 16.7. The third-order valence-electron chi connectivity index (χ3n) is 6.52. The molecule has 0 saturated carbocycles. The second kappa shape index (κ2) is 11.0. The maximum atomic E-state index is 6.14. The number of fused-ring (bicyclic) bond motifs is 1. The van der Waals surface area contributed by atoms with Gasteiger partial charge < -0.3 is 20.9 Å². The van der Waals surface area contributed by atoms with Gasteiger partial charge in [-0.1, -0.05) is 54.4 Å². The molecule has 1 aromatic heterocycles. The van der Waals surface area contributed by atoms with Gasteiger partial charge in [-0.15, -0.1) is 0 Å². The van der Waals surface area contributed by atoms with Gasteiger partial charge in [-0.25, -0.2) is 0 Å². The van der Waals surface area contributed by atoms with Gasteiger partial charge in [0.05, 0.1) is 0 Å². The summed E-state index contributed by atoms with van der Waals surface area (Å²) >= 11 is 6.14. The number of nitrogens with zero attached hydrogens (tertiary/aromatic N) is 4. The highest BCUT2D eigenvalue weighted by Gasteiger charge is 2.22. The molecule has 2 aromatic carbocycles. The molecule has 0 amide bonds. The molecule has 0 radical (unpaired) electrons. The van der Waals surface area contributed by atoms with Gasteiger partial charge in [-0.05, 0) is 67.6 Å². The van der Waals surface area contributed by atoms with Gasteiger partial charge in [-0.3, -0.25) is 0 Å². The second-order valence-corrected chi connectivity index (χ2v) is 9.57. The normalized spacial score (nSPS) is 16.3. The minimum atomic E-state index is 0.279. The monoisotopic (exact) mass is 477 g/mol. The first-order valence-corrected chi connectivity index (χ1v) is 12.6. The summed E-state index contributed by atoms with van der Waals surface area (Å²) in [5, 5.41) is 11.0. The van der Waals surface area contributed by atoms with E-state index < -0.39 is 0 Å². The van der Waals surface area contributed by atoms with E-state index >= 15 is 0 Å². The Balaban J connectivity index is 1.26. The molecule has 2 heterocycles. The average Bonchev–Trinajstić information content (AvgIpc) is 3.26. The Morgan fingerprint density at radius 3 is 2.26 bits per heavy atom. The summed E-state index contributed by atoms with van der Waals surface area (Å²) in [7, 11) is 0. The van der Waals surface area contributed by atoms with Crippen LogP contribution in [0.3, 0.4) is 0 Å². The molecule has 8 heteroatoms. The zero-order valence-electron chi connectivity index (χ0n) is 19.4. The third-order valence-corrected chi connectivity index (χ3v) is 6.75. The number of hydrogen-bond acceptors (Lipinski definition) is 7. The molecule has 1 aliphatic heterocycles. The first-order valence-electron chi connectivity index (χ1n) is 12.3. The molecule has 0 bridgehead atoms. The van der Waals surface area contributed by atoms with Crippen molar-refractivity contribution < 1.29 is 0 Å². The summed E-state index contributed by atoms with van der Waals surface area (Å²) < 4.78 is 0. The molecule has 0 unspecified atom stereocenters. The highest BCUT2D eigenvalue weighted by molar-refractivity contribution is 6.30. The zero-order valence-corrected chi connectivity index (χ0v) is 20.2. The highest BCUT2D eigenvalue weighted by atomic mass is 35.5. The first-order chi connectivity index (χ1) is 16.7.